The molecule has 6 nitrogen and oxygen atoms in total. The van der Waals surface area contributed by atoms with Crippen LogP contribution in [0.4, 0.5) is 15.8 Å². The number of benzene rings is 1. The highest BCUT2D eigenvalue weighted by molar-refractivity contribution is 7.80. The van der Waals surface area contributed by atoms with Gasteiger partial charge in [-0.2, -0.15) is 4.39 Å². The molecule has 0 radical (unpaired) electrons. The SMILES string of the molecule is CC(=O)NC(=S)Nc1cc(F)c([N+](=O)[O-])cc1C. The van der Waals surface area contributed by atoms with Crippen LogP contribution >= 0.6 is 12.2 Å². The highest BCUT2D eigenvalue weighted by Gasteiger charge is 2.16. The largest absolute Gasteiger partial charge is 0.332 e. The number of aryl methyl sites for hydroxylation is 1. The highest BCUT2D eigenvalue weighted by atomic mass is 32.1. The molecule has 1 aromatic carbocycles. The number of nitrogens with one attached hydrogen (secondary N) is 2. The van der Waals surface area contributed by atoms with Gasteiger partial charge in [0.2, 0.25) is 11.7 Å². The van der Waals surface area contributed by atoms with Crippen molar-refractivity contribution in [3.05, 3.63) is 33.6 Å². The van der Waals surface area contributed by atoms with Gasteiger partial charge in [-0.3, -0.25) is 14.9 Å². The number of nitro benzene ring substituents is 1. The van der Waals surface area contributed by atoms with Gasteiger partial charge >= 0.3 is 5.69 Å². The minimum Gasteiger partial charge on any atom is -0.332 e. The van der Waals surface area contributed by atoms with Crippen LogP contribution in [0, 0.1) is 22.9 Å². The summed E-state index contributed by atoms with van der Waals surface area (Å²) in [5, 5.41) is 15.4. The van der Waals surface area contributed by atoms with E-state index in [1.165, 1.54) is 6.92 Å². The Hall–Kier alpha value is -2.09. The van der Waals surface area contributed by atoms with Crippen molar-refractivity contribution in [2.45, 2.75) is 13.8 Å². The van der Waals surface area contributed by atoms with Gasteiger partial charge in [-0.05, 0) is 24.7 Å². The molecule has 0 aromatic heterocycles. The lowest BCUT2D eigenvalue weighted by Gasteiger charge is -2.10. The Kier molecular flexibility index (Phi) is 4.27. The normalized spacial score (nSPS) is 9.72. The number of amides is 1. The van der Waals surface area contributed by atoms with Gasteiger partial charge in [0.05, 0.1) is 4.92 Å². The minimum absolute atomic E-state index is 0.00106. The molecule has 0 aliphatic carbocycles. The van der Waals surface area contributed by atoms with E-state index in [1.54, 1.807) is 6.92 Å². The fourth-order valence-electron chi connectivity index (χ4n) is 1.25. The summed E-state index contributed by atoms with van der Waals surface area (Å²) in [5.74, 6) is -1.34. The maximum Gasteiger partial charge on any atom is 0.305 e. The van der Waals surface area contributed by atoms with E-state index in [2.05, 4.69) is 10.6 Å². The number of carbonyl (C=O) groups excluding carboxylic acids is 1. The van der Waals surface area contributed by atoms with Crippen LogP contribution in [0.3, 0.4) is 0 Å². The van der Waals surface area contributed by atoms with Gasteiger partial charge in [-0.15, -0.1) is 0 Å². The predicted molar refractivity (Wildman–Crippen MR) is 67.8 cm³/mol. The number of anilines is 1. The molecule has 0 saturated heterocycles. The van der Waals surface area contributed by atoms with Crippen LogP contribution in [-0.4, -0.2) is 15.9 Å². The molecule has 0 unspecified atom stereocenters. The summed E-state index contributed by atoms with van der Waals surface area (Å²) in [6, 6.07) is 2.05. The molecule has 0 aliphatic rings. The third kappa shape index (κ3) is 3.45. The van der Waals surface area contributed by atoms with Gasteiger partial charge in [-0.25, -0.2) is 0 Å². The number of nitro groups is 1. The molecule has 0 fully saturated rings. The quantitative estimate of drug-likeness (QED) is 0.487. The standard InChI is InChI=1S/C10H10FN3O3S/c1-5-3-9(14(16)17)7(11)4-8(5)13-10(18)12-6(2)15/h3-4H,1-2H3,(H2,12,13,15,18). The molecule has 1 amide bonds. The van der Waals surface area contributed by atoms with Gasteiger partial charge < -0.3 is 10.6 Å². The second-order valence-electron chi connectivity index (χ2n) is 3.51. The third-order valence-corrected chi connectivity index (χ3v) is 2.23. The van der Waals surface area contributed by atoms with Gasteiger partial charge in [0.1, 0.15) is 0 Å². The molecule has 18 heavy (non-hydrogen) atoms. The third-order valence-electron chi connectivity index (χ3n) is 2.03. The van der Waals surface area contributed by atoms with Crippen molar-refractivity contribution in [3.63, 3.8) is 0 Å². The Morgan fingerprint density at radius 3 is 2.61 bits per heavy atom. The number of halogens is 1. The van der Waals surface area contributed by atoms with Gasteiger partial charge in [0.15, 0.2) is 5.11 Å². The second kappa shape index (κ2) is 5.50. The summed E-state index contributed by atoms with van der Waals surface area (Å²) in [6.07, 6.45) is 0. The molecule has 96 valence electrons. The second-order valence-corrected chi connectivity index (χ2v) is 3.92. The Morgan fingerprint density at radius 2 is 2.11 bits per heavy atom. The van der Waals surface area contributed by atoms with Crippen LogP contribution in [-0.2, 0) is 4.79 Å². The summed E-state index contributed by atoms with van der Waals surface area (Å²) in [5.41, 5.74) is 0.0937. The first kappa shape index (κ1) is 14.0. The number of hydrogen-bond acceptors (Lipinski definition) is 4. The van der Waals surface area contributed by atoms with E-state index in [-0.39, 0.29) is 16.7 Å². The first-order valence-corrected chi connectivity index (χ1v) is 5.25. The summed E-state index contributed by atoms with van der Waals surface area (Å²) in [7, 11) is 0. The number of thiocarbonyl (C=S) groups is 1. The van der Waals surface area contributed by atoms with E-state index in [1.807, 2.05) is 0 Å². The molecule has 1 rings (SSSR count). The number of nitrogens with zero attached hydrogens (tertiary/aromatic N) is 1. The van der Waals surface area contributed by atoms with Crippen LogP contribution in [0.15, 0.2) is 12.1 Å². The van der Waals surface area contributed by atoms with E-state index in [9.17, 15) is 19.3 Å². The van der Waals surface area contributed by atoms with E-state index < -0.39 is 16.4 Å². The monoisotopic (exact) mass is 271 g/mol. The van der Waals surface area contributed by atoms with E-state index in [0.717, 1.165) is 12.1 Å². The average Bonchev–Trinajstić information content (AvgIpc) is 2.21. The predicted octanol–water partition coefficient (Wildman–Crippen LogP) is 1.88. The molecule has 0 aliphatic heterocycles. The zero-order chi connectivity index (χ0) is 13.9. The Balaban J connectivity index is 2.98. The van der Waals surface area contributed by atoms with Crippen molar-refractivity contribution in [3.8, 4) is 0 Å². The summed E-state index contributed by atoms with van der Waals surface area (Å²) >= 11 is 4.80. The van der Waals surface area contributed by atoms with Crippen LogP contribution in [0.25, 0.3) is 0 Å². The summed E-state index contributed by atoms with van der Waals surface area (Å²) < 4.78 is 13.4. The minimum atomic E-state index is -0.973. The molecule has 0 atom stereocenters. The zero-order valence-electron chi connectivity index (χ0n) is 9.61. The molecule has 8 heteroatoms. The smallest absolute Gasteiger partial charge is 0.305 e. The molecule has 0 spiro atoms. The summed E-state index contributed by atoms with van der Waals surface area (Å²) in [4.78, 5) is 20.4. The maximum atomic E-state index is 13.4. The molecule has 1 aromatic rings. The molecule has 0 bridgehead atoms. The number of carbonyl (C=O) groups is 1. The zero-order valence-corrected chi connectivity index (χ0v) is 10.4. The van der Waals surface area contributed by atoms with Gasteiger partial charge in [-0.1, -0.05) is 0 Å². The molecule has 2 N–H and O–H groups in total. The fraction of sp³-hybridized carbons (Fsp3) is 0.200. The number of rotatable bonds is 2. The first-order valence-electron chi connectivity index (χ1n) is 4.84. The molecule has 0 heterocycles. The van der Waals surface area contributed by atoms with Crippen molar-refractivity contribution in [2.24, 2.45) is 0 Å². The topological polar surface area (TPSA) is 84.3 Å². The van der Waals surface area contributed by atoms with Crippen LogP contribution in [0.5, 0.6) is 0 Å². The Labute approximate surface area is 107 Å². The van der Waals surface area contributed by atoms with Crippen molar-refractivity contribution in [1.82, 2.24) is 5.32 Å². The highest BCUT2D eigenvalue weighted by Crippen LogP contribution is 2.25. The van der Waals surface area contributed by atoms with Crippen molar-refractivity contribution >= 4 is 34.6 Å². The fourth-order valence-corrected chi connectivity index (χ4v) is 1.51. The Morgan fingerprint density at radius 1 is 1.50 bits per heavy atom. The maximum absolute atomic E-state index is 13.4. The van der Waals surface area contributed by atoms with Crippen molar-refractivity contribution < 1.29 is 14.1 Å². The lowest BCUT2D eigenvalue weighted by atomic mass is 10.1. The average molecular weight is 271 g/mol. The van der Waals surface area contributed by atoms with Gasteiger partial charge in [0.25, 0.3) is 0 Å². The van der Waals surface area contributed by atoms with Gasteiger partial charge in [0, 0.05) is 24.7 Å². The first-order chi connectivity index (χ1) is 8.31. The molecule has 0 saturated carbocycles. The van der Waals surface area contributed by atoms with Crippen LogP contribution in [0.1, 0.15) is 12.5 Å². The molecular formula is C10H10FN3O3S. The Bertz CT molecular complexity index is 533. The lowest BCUT2D eigenvalue weighted by Crippen LogP contribution is -2.32. The van der Waals surface area contributed by atoms with E-state index >= 15 is 0 Å². The van der Waals surface area contributed by atoms with E-state index in [0.29, 0.717) is 5.56 Å². The lowest BCUT2D eigenvalue weighted by molar-refractivity contribution is -0.387. The van der Waals surface area contributed by atoms with E-state index in [4.69, 9.17) is 12.2 Å². The van der Waals surface area contributed by atoms with Crippen LogP contribution in [0.2, 0.25) is 0 Å². The van der Waals surface area contributed by atoms with Crippen molar-refractivity contribution in [1.29, 1.82) is 0 Å². The molecular weight excluding hydrogens is 261 g/mol. The number of hydrogen-bond donors (Lipinski definition) is 2. The van der Waals surface area contributed by atoms with Crippen LogP contribution < -0.4 is 10.6 Å². The summed E-state index contributed by atoms with van der Waals surface area (Å²) in [6.45, 7) is 2.84. The van der Waals surface area contributed by atoms with Crippen molar-refractivity contribution in [2.75, 3.05) is 5.32 Å².